The second-order valence-electron chi connectivity index (χ2n) is 5.08. The molecule has 0 aromatic heterocycles. The maximum Gasteiger partial charge on any atom is 0.269 e. The van der Waals surface area contributed by atoms with Gasteiger partial charge in [-0.25, -0.2) is 0 Å². The first kappa shape index (κ1) is 15.8. The molecule has 7 heteroatoms. The third-order valence-corrected chi connectivity index (χ3v) is 5.11. The van der Waals surface area contributed by atoms with Crippen molar-refractivity contribution in [2.75, 3.05) is 12.3 Å². The van der Waals surface area contributed by atoms with Crippen molar-refractivity contribution in [2.45, 2.75) is 5.37 Å². The fourth-order valence-corrected chi connectivity index (χ4v) is 3.95. The van der Waals surface area contributed by atoms with Gasteiger partial charge in [-0.2, -0.15) is 0 Å². The molecule has 5 nitrogen and oxygen atoms in total. The SMILES string of the molecule is O=C(c1ccc([N+](=O)[O-])cc1)N1CCS[C@@H]1c1cccc(Cl)c1. The van der Waals surface area contributed by atoms with Gasteiger partial charge in [0.25, 0.3) is 11.6 Å². The summed E-state index contributed by atoms with van der Waals surface area (Å²) in [4.78, 5) is 24.7. The molecule has 118 valence electrons. The average Bonchev–Trinajstić information content (AvgIpc) is 3.04. The van der Waals surface area contributed by atoms with Crippen molar-refractivity contribution in [1.82, 2.24) is 4.90 Å². The molecule has 1 atom stereocenters. The highest BCUT2D eigenvalue weighted by molar-refractivity contribution is 7.99. The van der Waals surface area contributed by atoms with E-state index in [4.69, 9.17) is 11.6 Å². The maximum atomic E-state index is 12.7. The van der Waals surface area contributed by atoms with Gasteiger partial charge in [-0.3, -0.25) is 14.9 Å². The molecule has 1 aliphatic rings. The molecule has 1 amide bonds. The summed E-state index contributed by atoms with van der Waals surface area (Å²) >= 11 is 7.72. The van der Waals surface area contributed by atoms with Gasteiger partial charge in [0.15, 0.2) is 0 Å². The highest BCUT2D eigenvalue weighted by atomic mass is 35.5. The van der Waals surface area contributed by atoms with E-state index in [1.165, 1.54) is 24.3 Å². The number of thioether (sulfide) groups is 1. The molecule has 23 heavy (non-hydrogen) atoms. The Hall–Kier alpha value is -2.05. The van der Waals surface area contributed by atoms with Gasteiger partial charge in [-0.15, -0.1) is 11.8 Å². The van der Waals surface area contributed by atoms with Crippen LogP contribution in [0.3, 0.4) is 0 Å². The van der Waals surface area contributed by atoms with Crippen molar-refractivity contribution in [1.29, 1.82) is 0 Å². The summed E-state index contributed by atoms with van der Waals surface area (Å²) in [5.41, 5.74) is 1.41. The van der Waals surface area contributed by atoms with Crippen LogP contribution in [0.2, 0.25) is 5.02 Å². The van der Waals surface area contributed by atoms with Crippen LogP contribution in [-0.4, -0.2) is 28.0 Å². The number of hydrogen-bond donors (Lipinski definition) is 0. The summed E-state index contributed by atoms with van der Waals surface area (Å²) in [5, 5.41) is 11.3. The number of amides is 1. The van der Waals surface area contributed by atoms with E-state index >= 15 is 0 Å². The molecule has 0 saturated carbocycles. The maximum absolute atomic E-state index is 12.7. The van der Waals surface area contributed by atoms with Crippen LogP contribution in [0.4, 0.5) is 5.69 Å². The quantitative estimate of drug-likeness (QED) is 0.617. The summed E-state index contributed by atoms with van der Waals surface area (Å²) in [6.07, 6.45) is 0. The molecule has 1 fully saturated rings. The van der Waals surface area contributed by atoms with Crippen molar-refractivity contribution < 1.29 is 9.72 Å². The highest BCUT2D eigenvalue weighted by Crippen LogP contribution is 2.39. The van der Waals surface area contributed by atoms with Gasteiger partial charge < -0.3 is 4.90 Å². The van der Waals surface area contributed by atoms with Crippen molar-refractivity contribution in [2.24, 2.45) is 0 Å². The topological polar surface area (TPSA) is 63.4 Å². The minimum absolute atomic E-state index is 0.0243. The summed E-state index contributed by atoms with van der Waals surface area (Å²) in [6.45, 7) is 0.637. The Morgan fingerprint density at radius 2 is 2.00 bits per heavy atom. The smallest absolute Gasteiger partial charge is 0.269 e. The molecular formula is C16H13ClN2O3S. The Kier molecular flexibility index (Phi) is 4.54. The average molecular weight is 349 g/mol. The van der Waals surface area contributed by atoms with Crippen LogP contribution >= 0.6 is 23.4 Å². The van der Waals surface area contributed by atoms with Crippen molar-refractivity contribution in [3.8, 4) is 0 Å². The standard InChI is InChI=1S/C16H13ClN2O3S/c17-13-3-1-2-12(10-13)16-18(8-9-23-16)15(20)11-4-6-14(7-5-11)19(21)22/h1-7,10,16H,8-9H2/t16-/m1/s1. The summed E-state index contributed by atoms with van der Waals surface area (Å²) in [5.74, 6) is 0.713. The largest absolute Gasteiger partial charge is 0.322 e. The fourth-order valence-electron chi connectivity index (χ4n) is 2.51. The molecule has 0 unspecified atom stereocenters. The van der Waals surface area contributed by atoms with E-state index in [9.17, 15) is 14.9 Å². The predicted molar refractivity (Wildman–Crippen MR) is 90.8 cm³/mol. The molecule has 2 aromatic carbocycles. The van der Waals surface area contributed by atoms with Crippen LogP contribution in [0.25, 0.3) is 0 Å². The fraction of sp³-hybridized carbons (Fsp3) is 0.188. The lowest BCUT2D eigenvalue weighted by atomic mass is 10.1. The minimum atomic E-state index is -0.477. The molecule has 3 rings (SSSR count). The number of non-ortho nitro benzene ring substituents is 1. The molecule has 1 saturated heterocycles. The molecule has 0 spiro atoms. The van der Waals surface area contributed by atoms with Crippen molar-refractivity contribution in [3.05, 3.63) is 74.8 Å². The molecule has 1 heterocycles. The summed E-state index contributed by atoms with van der Waals surface area (Å²) < 4.78 is 0. The first-order chi connectivity index (χ1) is 11.1. The number of carbonyl (C=O) groups excluding carboxylic acids is 1. The molecule has 2 aromatic rings. The van der Waals surface area contributed by atoms with E-state index in [1.54, 1.807) is 22.7 Å². The zero-order valence-electron chi connectivity index (χ0n) is 12.0. The molecule has 0 N–H and O–H groups in total. The van der Waals surface area contributed by atoms with Gasteiger partial charge in [0.2, 0.25) is 0 Å². The Morgan fingerprint density at radius 3 is 2.65 bits per heavy atom. The van der Waals surface area contributed by atoms with Crippen LogP contribution in [0.15, 0.2) is 48.5 Å². The van der Waals surface area contributed by atoms with E-state index in [0.717, 1.165) is 11.3 Å². The van der Waals surface area contributed by atoms with Crippen LogP contribution < -0.4 is 0 Å². The Bertz CT molecular complexity index is 751. The van der Waals surface area contributed by atoms with E-state index < -0.39 is 4.92 Å². The summed E-state index contributed by atoms with van der Waals surface area (Å²) in [7, 11) is 0. The van der Waals surface area contributed by atoms with Gasteiger partial charge >= 0.3 is 0 Å². The Balaban J connectivity index is 1.84. The first-order valence-electron chi connectivity index (χ1n) is 6.99. The zero-order valence-corrected chi connectivity index (χ0v) is 13.6. The lowest BCUT2D eigenvalue weighted by Gasteiger charge is -2.24. The molecule has 0 radical (unpaired) electrons. The Labute approximate surface area is 142 Å². The van der Waals surface area contributed by atoms with Gasteiger partial charge in [-0.05, 0) is 29.8 Å². The summed E-state index contributed by atoms with van der Waals surface area (Å²) in [6, 6.07) is 13.2. The number of benzene rings is 2. The van der Waals surface area contributed by atoms with Crippen molar-refractivity contribution >= 4 is 35.0 Å². The van der Waals surface area contributed by atoms with Crippen LogP contribution in [0, 0.1) is 10.1 Å². The minimum Gasteiger partial charge on any atom is -0.322 e. The number of hydrogen-bond acceptors (Lipinski definition) is 4. The van der Waals surface area contributed by atoms with E-state index in [1.807, 2.05) is 18.2 Å². The van der Waals surface area contributed by atoms with E-state index in [-0.39, 0.29) is 17.0 Å². The Morgan fingerprint density at radius 1 is 1.26 bits per heavy atom. The van der Waals surface area contributed by atoms with Gasteiger partial charge in [0.1, 0.15) is 5.37 Å². The number of nitro groups is 1. The first-order valence-corrected chi connectivity index (χ1v) is 8.41. The lowest BCUT2D eigenvalue weighted by molar-refractivity contribution is -0.384. The number of carbonyl (C=O) groups is 1. The molecular weight excluding hydrogens is 336 g/mol. The molecule has 0 bridgehead atoms. The van der Waals surface area contributed by atoms with Gasteiger partial charge in [-0.1, -0.05) is 23.7 Å². The third kappa shape index (κ3) is 3.33. The molecule has 0 aliphatic carbocycles. The lowest BCUT2D eigenvalue weighted by Crippen LogP contribution is -2.30. The van der Waals surface area contributed by atoms with Crippen molar-refractivity contribution in [3.63, 3.8) is 0 Å². The predicted octanol–water partition coefficient (Wildman–Crippen LogP) is 4.14. The van der Waals surface area contributed by atoms with Crippen LogP contribution in [0.5, 0.6) is 0 Å². The second-order valence-corrected chi connectivity index (χ2v) is 6.71. The monoisotopic (exact) mass is 348 g/mol. The zero-order chi connectivity index (χ0) is 16.4. The van der Waals surface area contributed by atoms with E-state index in [2.05, 4.69) is 0 Å². The number of rotatable bonds is 3. The number of nitrogens with zero attached hydrogens (tertiary/aromatic N) is 2. The molecule has 1 aliphatic heterocycles. The second kappa shape index (κ2) is 6.60. The van der Waals surface area contributed by atoms with Gasteiger partial charge in [0.05, 0.1) is 4.92 Å². The highest BCUT2D eigenvalue weighted by Gasteiger charge is 2.31. The van der Waals surface area contributed by atoms with E-state index in [0.29, 0.717) is 17.1 Å². The van der Waals surface area contributed by atoms with Gasteiger partial charge in [0, 0.05) is 35.0 Å². The van der Waals surface area contributed by atoms with Crippen LogP contribution in [0.1, 0.15) is 21.3 Å². The normalized spacial score (nSPS) is 17.3. The number of halogens is 1. The van der Waals surface area contributed by atoms with Crippen LogP contribution in [-0.2, 0) is 0 Å². The number of nitro benzene ring substituents is 1. The third-order valence-electron chi connectivity index (χ3n) is 3.61.